The molecule has 0 spiro atoms. The van der Waals surface area contributed by atoms with E-state index in [1.807, 2.05) is 11.3 Å². The van der Waals surface area contributed by atoms with Crippen LogP contribution in [0.1, 0.15) is 51.7 Å². The van der Waals surface area contributed by atoms with Crippen molar-refractivity contribution in [2.45, 2.75) is 59.0 Å². The minimum Gasteiger partial charge on any atom is -0.353 e. The van der Waals surface area contributed by atoms with E-state index in [2.05, 4.69) is 252 Å². The number of pyridine rings is 1. The number of allylic oxidation sites excluding steroid dienone is 14. The van der Waals surface area contributed by atoms with E-state index >= 15 is 0 Å². The van der Waals surface area contributed by atoms with Crippen molar-refractivity contribution < 1.29 is 0 Å². The molecule has 0 bridgehead atoms. The van der Waals surface area contributed by atoms with Crippen molar-refractivity contribution in [3.63, 3.8) is 0 Å². The quantitative estimate of drug-likeness (QED) is 0.107. The minimum absolute atomic E-state index is 0.0764. The maximum Gasteiger partial charge on any atom is 0.129 e. The summed E-state index contributed by atoms with van der Waals surface area (Å²) >= 11 is 1.84. The zero-order valence-electron chi connectivity index (χ0n) is 38.6. The van der Waals surface area contributed by atoms with Crippen molar-refractivity contribution in [3.8, 4) is 22.4 Å². The van der Waals surface area contributed by atoms with Crippen LogP contribution in [-0.2, 0) is 6.42 Å². The van der Waals surface area contributed by atoms with Crippen LogP contribution in [0.3, 0.4) is 0 Å². The molecule has 65 heavy (non-hydrogen) atoms. The third-order valence-electron chi connectivity index (χ3n) is 12.9. The maximum atomic E-state index is 5.18. The van der Waals surface area contributed by atoms with Gasteiger partial charge in [-0.3, -0.25) is 0 Å². The molecule has 1 aliphatic heterocycles. The van der Waals surface area contributed by atoms with Gasteiger partial charge < -0.3 is 9.80 Å². The standard InChI is InChI=1S/C61H61N3S/c1-43-23-10-8-11-26-47(5)64(58-36-18-16-30-52-42-51(39-40-53(52)58)49-28-12-9-13-29-49)48(6)27-20-31-50(41-45(43)3)44(2)24-14-15-25-46(4)63(7)60-38-22-35-57(62-60)56-34-21-33-55-54-32-17-19-37-59(54)65-61(55)56/h9-29,31-40,42,44-47H,1,6,8,30,41H2,2-5,7H3/b23-10-,24-14-,25-15-,26-11-,27-20-,50-31+. The average molecular weight is 868 g/mol. The van der Waals surface area contributed by atoms with Crippen LogP contribution in [0, 0.1) is 11.8 Å². The van der Waals surface area contributed by atoms with E-state index in [4.69, 9.17) is 4.98 Å². The second kappa shape index (κ2) is 20.8. The van der Waals surface area contributed by atoms with E-state index in [0.29, 0.717) is 5.92 Å². The molecule has 3 heterocycles. The minimum atomic E-state index is 0.0764. The summed E-state index contributed by atoms with van der Waals surface area (Å²) in [6.45, 7) is 18.2. The lowest BCUT2D eigenvalue weighted by Crippen LogP contribution is -2.29. The molecule has 0 fully saturated rings. The van der Waals surface area contributed by atoms with Gasteiger partial charge in [-0.25, -0.2) is 4.98 Å². The molecule has 2 aromatic heterocycles. The Morgan fingerprint density at radius 3 is 2.40 bits per heavy atom. The van der Waals surface area contributed by atoms with Gasteiger partial charge in [0.05, 0.1) is 5.69 Å². The molecule has 0 radical (unpaired) electrons. The largest absolute Gasteiger partial charge is 0.353 e. The predicted molar refractivity (Wildman–Crippen MR) is 284 cm³/mol. The predicted octanol–water partition coefficient (Wildman–Crippen LogP) is 16.3. The second-order valence-electron chi connectivity index (χ2n) is 17.4. The lowest BCUT2D eigenvalue weighted by atomic mass is 9.87. The van der Waals surface area contributed by atoms with Gasteiger partial charge in [-0.2, -0.15) is 0 Å². The molecule has 0 saturated carbocycles. The first kappa shape index (κ1) is 44.8. The summed E-state index contributed by atoms with van der Waals surface area (Å²) in [5, 5.41) is 2.59. The summed E-state index contributed by atoms with van der Waals surface area (Å²) in [6, 6.07) is 39.3. The molecule has 3 nitrogen and oxygen atoms in total. The first-order valence-corrected chi connectivity index (χ1v) is 23.9. The molecule has 0 N–H and O–H groups in total. The summed E-state index contributed by atoms with van der Waals surface area (Å²) < 4.78 is 2.59. The normalized spacial score (nSPS) is 20.7. The summed E-state index contributed by atoms with van der Waals surface area (Å²) in [5.41, 5.74) is 11.8. The van der Waals surface area contributed by atoms with E-state index in [0.717, 1.165) is 47.7 Å². The van der Waals surface area contributed by atoms with Gasteiger partial charge in [0.15, 0.2) is 0 Å². The number of hydrogen-bond acceptors (Lipinski definition) is 4. The van der Waals surface area contributed by atoms with Crippen molar-refractivity contribution in [3.05, 3.63) is 235 Å². The van der Waals surface area contributed by atoms with Gasteiger partial charge in [-0.15, -0.1) is 11.3 Å². The summed E-state index contributed by atoms with van der Waals surface area (Å²) in [5.74, 6) is 1.46. The Kier molecular flexibility index (Phi) is 14.4. The molecule has 326 valence electrons. The third-order valence-corrected chi connectivity index (χ3v) is 14.1. The number of likely N-dealkylation sites (N-methyl/N-ethyl adjacent to an activating group) is 1. The van der Waals surface area contributed by atoms with Crippen LogP contribution in [0.2, 0.25) is 0 Å². The number of nitrogens with zero attached hydrogens (tertiary/aromatic N) is 3. The smallest absolute Gasteiger partial charge is 0.129 e. The van der Waals surface area contributed by atoms with E-state index in [1.54, 1.807) is 0 Å². The molecule has 8 rings (SSSR count). The van der Waals surface area contributed by atoms with E-state index in [9.17, 15) is 0 Å². The zero-order chi connectivity index (χ0) is 45.3. The molecule has 4 aromatic carbocycles. The summed E-state index contributed by atoms with van der Waals surface area (Å²) in [7, 11) is 2.12. The molecular weight excluding hydrogens is 807 g/mol. The average Bonchev–Trinajstić information content (AvgIpc) is 3.59. The topological polar surface area (TPSA) is 19.4 Å². The van der Waals surface area contributed by atoms with Gasteiger partial charge in [0.2, 0.25) is 0 Å². The number of thiophene rings is 1. The SMILES string of the molecule is C=C1/C=C\C/C=C\C(C)N(C2=CC=CCc3cc(-c4ccccc4)ccc32)C(=C)/C=C\C=C(\C(C)/C=C\C=C/C(C)N(C)c2cccc(-c3cccc4c3sc3ccccc34)n2)CC1C. The van der Waals surface area contributed by atoms with Crippen LogP contribution in [0.25, 0.3) is 48.3 Å². The van der Waals surface area contributed by atoms with Crippen molar-refractivity contribution in [2.24, 2.45) is 11.8 Å². The van der Waals surface area contributed by atoms with Gasteiger partial charge in [-0.05, 0) is 92.0 Å². The van der Waals surface area contributed by atoms with Gasteiger partial charge in [-0.1, -0.05) is 202 Å². The first-order valence-electron chi connectivity index (χ1n) is 23.0. The Balaban J connectivity index is 1.000. The zero-order valence-corrected chi connectivity index (χ0v) is 39.4. The van der Waals surface area contributed by atoms with Crippen LogP contribution < -0.4 is 4.90 Å². The molecule has 6 aromatic rings. The molecule has 0 saturated heterocycles. The Morgan fingerprint density at radius 1 is 0.754 bits per heavy atom. The van der Waals surface area contributed by atoms with Crippen LogP contribution in [0.15, 0.2) is 224 Å². The summed E-state index contributed by atoms with van der Waals surface area (Å²) in [4.78, 5) is 9.80. The Hall–Kier alpha value is -6.75. The van der Waals surface area contributed by atoms with Crippen molar-refractivity contribution in [1.82, 2.24) is 9.88 Å². The highest BCUT2D eigenvalue weighted by atomic mass is 32.1. The monoisotopic (exact) mass is 867 g/mol. The maximum absolute atomic E-state index is 5.18. The number of hydrogen-bond donors (Lipinski definition) is 0. The third kappa shape index (κ3) is 10.5. The number of anilines is 1. The lowest BCUT2D eigenvalue weighted by molar-refractivity contribution is 0.451. The molecule has 2 aliphatic rings. The molecule has 4 heteroatoms. The Bertz CT molecular complexity index is 2930. The highest BCUT2D eigenvalue weighted by molar-refractivity contribution is 7.26. The molecule has 4 unspecified atom stereocenters. The van der Waals surface area contributed by atoms with E-state index < -0.39 is 0 Å². The Morgan fingerprint density at radius 2 is 1.54 bits per heavy atom. The molecule has 1 aliphatic carbocycles. The second-order valence-corrected chi connectivity index (χ2v) is 18.5. The van der Waals surface area contributed by atoms with E-state index in [-0.39, 0.29) is 18.0 Å². The van der Waals surface area contributed by atoms with Crippen LogP contribution in [0.5, 0.6) is 0 Å². The fourth-order valence-corrected chi connectivity index (χ4v) is 10.1. The highest BCUT2D eigenvalue weighted by Gasteiger charge is 2.22. The molecule has 0 amide bonds. The summed E-state index contributed by atoms with van der Waals surface area (Å²) in [6.07, 6.45) is 33.9. The fraction of sp³-hybridized carbons (Fsp3) is 0.197. The highest BCUT2D eigenvalue weighted by Crippen LogP contribution is 2.40. The molecule has 4 atom stereocenters. The number of rotatable bonds is 9. The molecular formula is C61H61N3S. The number of fused-ring (bicyclic) bond motifs is 4. The van der Waals surface area contributed by atoms with Gasteiger partial charge in [0.1, 0.15) is 5.82 Å². The van der Waals surface area contributed by atoms with Crippen molar-refractivity contribution >= 4 is 43.0 Å². The van der Waals surface area contributed by atoms with Gasteiger partial charge >= 0.3 is 0 Å². The first-order chi connectivity index (χ1) is 31.7. The van der Waals surface area contributed by atoms with E-state index in [1.165, 1.54) is 53.6 Å². The number of aromatic nitrogens is 1. The van der Waals surface area contributed by atoms with Crippen LogP contribution in [0.4, 0.5) is 5.82 Å². The fourth-order valence-electron chi connectivity index (χ4n) is 8.83. The van der Waals surface area contributed by atoms with Gasteiger partial charge in [0.25, 0.3) is 0 Å². The Labute approximate surface area is 391 Å². The van der Waals surface area contributed by atoms with Crippen LogP contribution in [-0.4, -0.2) is 29.0 Å². The van der Waals surface area contributed by atoms with Gasteiger partial charge in [0, 0.05) is 61.8 Å². The van der Waals surface area contributed by atoms with Crippen LogP contribution >= 0.6 is 11.3 Å². The van der Waals surface area contributed by atoms with Crippen molar-refractivity contribution in [2.75, 3.05) is 11.9 Å². The van der Waals surface area contributed by atoms with Crippen molar-refractivity contribution in [1.29, 1.82) is 0 Å². The lowest BCUT2D eigenvalue weighted by Gasteiger charge is -2.33. The number of benzene rings is 4.